The van der Waals surface area contributed by atoms with Crippen LogP contribution in [0.15, 0.2) is 17.4 Å². The molecular formula is C15H22F3N3OS. The number of amides is 1. The van der Waals surface area contributed by atoms with Crippen LogP contribution in [0.4, 0.5) is 13.2 Å². The molecule has 0 spiro atoms. The molecule has 0 radical (unpaired) electrons. The Kier molecular flexibility index (Phi) is 7.31. The number of thioether (sulfide) groups is 1. The lowest BCUT2D eigenvalue weighted by Crippen LogP contribution is -2.38. The van der Waals surface area contributed by atoms with Crippen molar-refractivity contribution in [1.29, 1.82) is 0 Å². The minimum atomic E-state index is -4.51. The van der Waals surface area contributed by atoms with Gasteiger partial charge in [-0.2, -0.15) is 13.2 Å². The van der Waals surface area contributed by atoms with Crippen LogP contribution in [0.25, 0.3) is 0 Å². The second-order valence-electron chi connectivity index (χ2n) is 6.10. The van der Waals surface area contributed by atoms with Crippen molar-refractivity contribution in [2.75, 3.05) is 18.8 Å². The molecule has 23 heavy (non-hydrogen) atoms. The first-order chi connectivity index (χ1) is 10.6. The molecule has 4 nitrogen and oxygen atoms in total. The van der Waals surface area contributed by atoms with Gasteiger partial charge in [-0.15, -0.1) is 0 Å². The third-order valence-electron chi connectivity index (χ3n) is 2.77. The fourth-order valence-corrected chi connectivity index (χ4v) is 2.68. The van der Waals surface area contributed by atoms with Crippen molar-refractivity contribution in [2.24, 2.45) is 11.8 Å². The van der Waals surface area contributed by atoms with Crippen LogP contribution in [-0.2, 0) is 11.0 Å². The number of rotatable bonds is 7. The highest BCUT2D eigenvalue weighted by Gasteiger charge is 2.32. The van der Waals surface area contributed by atoms with Gasteiger partial charge in [-0.25, -0.2) is 9.97 Å². The van der Waals surface area contributed by atoms with Crippen molar-refractivity contribution >= 4 is 17.7 Å². The standard InChI is InChI=1S/C15H22F3N3OS/c1-10(2)7-21(8-11(3)4)13(22)9-23-14-19-6-5-12(20-14)15(16,17)18/h5-6,10-11H,7-9H2,1-4H3. The van der Waals surface area contributed by atoms with Gasteiger partial charge in [0.2, 0.25) is 5.91 Å². The van der Waals surface area contributed by atoms with Crippen LogP contribution >= 0.6 is 11.8 Å². The van der Waals surface area contributed by atoms with E-state index in [9.17, 15) is 18.0 Å². The van der Waals surface area contributed by atoms with E-state index in [2.05, 4.69) is 9.97 Å². The third-order valence-corrected chi connectivity index (χ3v) is 3.62. The molecule has 1 rings (SSSR count). The molecule has 0 unspecified atom stereocenters. The van der Waals surface area contributed by atoms with Crippen LogP contribution in [-0.4, -0.2) is 39.6 Å². The number of carbonyl (C=O) groups is 1. The highest BCUT2D eigenvalue weighted by Crippen LogP contribution is 2.28. The molecule has 130 valence electrons. The molecule has 1 amide bonds. The Bertz CT molecular complexity index is 511. The van der Waals surface area contributed by atoms with Gasteiger partial charge >= 0.3 is 6.18 Å². The van der Waals surface area contributed by atoms with Gasteiger partial charge in [-0.3, -0.25) is 4.79 Å². The molecule has 1 aromatic rings. The SMILES string of the molecule is CC(C)CN(CC(C)C)C(=O)CSc1nccc(C(F)(F)F)n1. The average molecular weight is 349 g/mol. The lowest BCUT2D eigenvalue weighted by Gasteiger charge is -2.26. The van der Waals surface area contributed by atoms with Crippen LogP contribution in [0.2, 0.25) is 0 Å². The molecule has 0 N–H and O–H groups in total. The van der Waals surface area contributed by atoms with Gasteiger partial charge in [-0.05, 0) is 17.9 Å². The molecule has 0 saturated carbocycles. The van der Waals surface area contributed by atoms with E-state index in [1.54, 1.807) is 4.90 Å². The number of aromatic nitrogens is 2. The topological polar surface area (TPSA) is 46.1 Å². The smallest absolute Gasteiger partial charge is 0.341 e. The van der Waals surface area contributed by atoms with E-state index >= 15 is 0 Å². The van der Waals surface area contributed by atoms with Gasteiger partial charge in [0, 0.05) is 19.3 Å². The highest BCUT2D eigenvalue weighted by atomic mass is 32.2. The maximum atomic E-state index is 12.6. The number of nitrogens with zero attached hydrogens (tertiary/aromatic N) is 3. The first-order valence-electron chi connectivity index (χ1n) is 7.40. The van der Waals surface area contributed by atoms with Crippen LogP contribution in [0, 0.1) is 11.8 Å². The van der Waals surface area contributed by atoms with Gasteiger partial charge in [0.15, 0.2) is 5.16 Å². The number of hydrogen-bond donors (Lipinski definition) is 0. The van der Waals surface area contributed by atoms with Crippen LogP contribution < -0.4 is 0 Å². The van der Waals surface area contributed by atoms with E-state index < -0.39 is 11.9 Å². The Morgan fingerprint density at radius 1 is 1.22 bits per heavy atom. The summed E-state index contributed by atoms with van der Waals surface area (Å²) in [6, 6.07) is 0.815. The van der Waals surface area contributed by atoms with Crippen molar-refractivity contribution in [1.82, 2.24) is 14.9 Å². The molecule has 1 aromatic heterocycles. The van der Waals surface area contributed by atoms with Crippen LogP contribution in [0.5, 0.6) is 0 Å². The summed E-state index contributed by atoms with van der Waals surface area (Å²) < 4.78 is 37.8. The zero-order chi connectivity index (χ0) is 17.6. The molecule has 8 heteroatoms. The summed E-state index contributed by atoms with van der Waals surface area (Å²) in [7, 11) is 0. The van der Waals surface area contributed by atoms with Gasteiger partial charge in [0.1, 0.15) is 5.69 Å². The van der Waals surface area contributed by atoms with E-state index in [-0.39, 0.29) is 16.8 Å². The highest BCUT2D eigenvalue weighted by molar-refractivity contribution is 7.99. The van der Waals surface area contributed by atoms with Gasteiger partial charge < -0.3 is 4.90 Å². The second-order valence-corrected chi connectivity index (χ2v) is 7.04. The molecule has 1 heterocycles. The molecule has 0 fully saturated rings. The van der Waals surface area contributed by atoms with Gasteiger partial charge in [0.05, 0.1) is 5.75 Å². The van der Waals surface area contributed by atoms with Crippen molar-refractivity contribution in [3.8, 4) is 0 Å². The van der Waals surface area contributed by atoms with Crippen molar-refractivity contribution in [2.45, 2.75) is 39.0 Å². The van der Waals surface area contributed by atoms with Crippen molar-refractivity contribution < 1.29 is 18.0 Å². The second kappa shape index (κ2) is 8.52. The van der Waals surface area contributed by atoms with Gasteiger partial charge in [-0.1, -0.05) is 39.5 Å². The first-order valence-corrected chi connectivity index (χ1v) is 8.39. The van der Waals surface area contributed by atoms with Crippen molar-refractivity contribution in [3.63, 3.8) is 0 Å². The molecule has 0 bridgehead atoms. The zero-order valence-corrected chi connectivity index (χ0v) is 14.5. The Balaban J connectivity index is 2.69. The number of halogens is 3. The largest absolute Gasteiger partial charge is 0.433 e. The first kappa shape index (κ1) is 19.7. The van der Waals surface area contributed by atoms with Crippen LogP contribution in [0.3, 0.4) is 0 Å². The Labute approximate surface area is 138 Å². The molecule has 0 aliphatic carbocycles. The van der Waals surface area contributed by atoms with E-state index in [1.165, 1.54) is 0 Å². The lowest BCUT2D eigenvalue weighted by molar-refractivity contribution is -0.141. The molecule has 0 aliphatic heterocycles. The minimum absolute atomic E-state index is 0.0285. The normalized spacial score (nSPS) is 12.0. The summed E-state index contributed by atoms with van der Waals surface area (Å²) in [5.74, 6) is 0.569. The maximum Gasteiger partial charge on any atom is 0.433 e. The van der Waals surface area contributed by atoms with E-state index in [1.807, 2.05) is 27.7 Å². The van der Waals surface area contributed by atoms with Gasteiger partial charge in [0.25, 0.3) is 0 Å². The van der Waals surface area contributed by atoms with E-state index in [0.29, 0.717) is 24.9 Å². The monoisotopic (exact) mass is 349 g/mol. The number of carbonyl (C=O) groups excluding carboxylic acids is 1. The molecular weight excluding hydrogens is 327 g/mol. The molecule has 0 saturated heterocycles. The predicted octanol–water partition coefficient (Wildman–Crippen LogP) is 3.73. The fraction of sp³-hybridized carbons (Fsp3) is 0.667. The number of hydrogen-bond acceptors (Lipinski definition) is 4. The van der Waals surface area contributed by atoms with E-state index in [0.717, 1.165) is 24.0 Å². The molecule has 0 atom stereocenters. The summed E-state index contributed by atoms with van der Waals surface area (Å²) in [6.45, 7) is 9.32. The summed E-state index contributed by atoms with van der Waals surface area (Å²) in [5, 5.41) is -0.0396. The zero-order valence-electron chi connectivity index (χ0n) is 13.7. The Morgan fingerprint density at radius 3 is 2.26 bits per heavy atom. The fourth-order valence-electron chi connectivity index (χ4n) is 1.95. The number of alkyl halides is 3. The summed E-state index contributed by atoms with van der Waals surface area (Å²) in [6.07, 6.45) is -3.45. The summed E-state index contributed by atoms with van der Waals surface area (Å²) in [4.78, 5) is 21.3. The minimum Gasteiger partial charge on any atom is -0.341 e. The van der Waals surface area contributed by atoms with E-state index in [4.69, 9.17) is 0 Å². The van der Waals surface area contributed by atoms with Crippen LogP contribution in [0.1, 0.15) is 33.4 Å². The lowest BCUT2D eigenvalue weighted by atomic mass is 10.1. The predicted molar refractivity (Wildman–Crippen MR) is 84.0 cm³/mol. The Morgan fingerprint density at radius 2 is 1.78 bits per heavy atom. The maximum absolute atomic E-state index is 12.6. The summed E-state index contributed by atoms with van der Waals surface area (Å²) in [5.41, 5.74) is -0.997. The van der Waals surface area contributed by atoms with Crippen molar-refractivity contribution in [3.05, 3.63) is 18.0 Å². The molecule has 0 aromatic carbocycles. The summed E-state index contributed by atoms with van der Waals surface area (Å²) >= 11 is 0.928. The third kappa shape index (κ3) is 7.20. The Hall–Kier alpha value is -1.31. The molecule has 0 aliphatic rings. The average Bonchev–Trinajstić information content (AvgIpc) is 2.42. The quantitative estimate of drug-likeness (QED) is 0.556.